The van der Waals surface area contributed by atoms with Crippen LogP contribution in [0.25, 0.3) is 16.6 Å². The number of halogens is 2. The Labute approximate surface area is 178 Å². The Hall–Kier alpha value is -3.14. The molecular formula is C21H25F2N7O. The minimum Gasteiger partial charge on any atom is -0.479 e. The summed E-state index contributed by atoms with van der Waals surface area (Å²) in [6.45, 7) is 2.99. The average molecular weight is 429 g/mol. The van der Waals surface area contributed by atoms with Crippen molar-refractivity contribution in [1.29, 1.82) is 0 Å². The Morgan fingerprint density at radius 1 is 1.32 bits per heavy atom. The lowest BCUT2D eigenvalue weighted by molar-refractivity contribution is 0.149. The molecule has 1 fully saturated rings. The van der Waals surface area contributed by atoms with Gasteiger partial charge in [-0.3, -0.25) is 0 Å². The molecule has 8 nitrogen and oxygen atoms in total. The van der Waals surface area contributed by atoms with E-state index >= 15 is 4.39 Å². The first-order chi connectivity index (χ1) is 14.9. The molecular weight excluding hydrogens is 404 g/mol. The Morgan fingerprint density at radius 3 is 2.81 bits per heavy atom. The van der Waals surface area contributed by atoms with E-state index in [2.05, 4.69) is 25.6 Å². The molecule has 3 aromatic rings. The van der Waals surface area contributed by atoms with Gasteiger partial charge in [0.05, 0.1) is 30.6 Å². The number of likely N-dealkylation sites (tertiary alicyclic amines) is 1. The lowest BCUT2D eigenvalue weighted by Crippen LogP contribution is -2.46. The van der Waals surface area contributed by atoms with Gasteiger partial charge >= 0.3 is 0 Å². The molecule has 1 aromatic carbocycles. The van der Waals surface area contributed by atoms with Crippen molar-refractivity contribution in [1.82, 2.24) is 19.5 Å². The number of fused-ring (bicyclic) bond motifs is 1. The normalized spacial score (nSPS) is 19.9. The molecule has 0 spiro atoms. The lowest BCUT2D eigenvalue weighted by atomic mass is 10.0. The van der Waals surface area contributed by atoms with Crippen LogP contribution in [0.5, 0.6) is 5.88 Å². The van der Waals surface area contributed by atoms with Crippen LogP contribution in [-0.2, 0) is 0 Å². The Balaban J connectivity index is 1.74. The van der Waals surface area contributed by atoms with Crippen molar-refractivity contribution in [2.24, 2.45) is 10.2 Å². The van der Waals surface area contributed by atoms with Crippen LogP contribution in [0.4, 0.5) is 20.4 Å². The third kappa shape index (κ3) is 4.07. The maximum atomic E-state index is 15.0. The lowest BCUT2D eigenvalue weighted by Gasteiger charge is -2.32. The molecule has 1 N–H and O–H groups in total. The van der Waals surface area contributed by atoms with Crippen LogP contribution in [-0.4, -0.2) is 66.0 Å². The third-order valence-electron chi connectivity index (χ3n) is 5.50. The topological polar surface area (TPSA) is 79.4 Å². The average Bonchev–Trinajstić information content (AvgIpc) is 3.07. The summed E-state index contributed by atoms with van der Waals surface area (Å²) in [5, 5.41) is 15.3. The SMILES string of the molecule is CN=Nc1ccc(-c2c(F)cn3nc(NC4CCN(C)CC4F)nc(OC)c23)cc1C. The molecule has 0 radical (unpaired) electrons. The number of ether oxygens (including phenoxy) is 1. The van der Waals surface area contributed by atoms with Gasteiger partial charge in [-0.2, -0.15) is 15.2 Å². The number of rotatable bonds is 5. The molecule has 4 rings (SSSR count). The van der Waals surface area contributed by atoms with Crippen LogP contribution < -0.4 is 10.1 Å². The number of aryl methyl sites for hydroxylation is 1. The summed E-state index contributed by atoms with van der Waals surface area (Å²) >= 11 is 0. The number of aromatic nitrogens is 3. The summed E-state index contributed by atoms with van der Waals surface area (Å²) in [7, 11) is 4.95. The van der Waals surface area contributed by atoms with Gasteiger partial charge in [-0.05, 0) is 43.7 Å². The minimum atomic E-state index is -1.05. The number of hydrogen-bond donors (Lipinski definition) is 1. The van der Waals surface area contributed by atoms with Crippen LogP contribution in [0.2, 0.25) is 0 Å². The second-order valence-corrected chi connectivity index (χ2v) is 7.71. The predicted molar refractivity (Wildman–Crippen MR) is 115 cm³/mol. The van der Waals surface area contributed by atoms with E-state index in [1.807, 2.05) is 24.9 Å². The molecule has 2 aromatic heterocycles. The van der Waals surface area contributed by atoms with Crippen LogP contribution in [0.15, 0.2) is 34.6 Å². The van der Waals surface area contributed by atoms with Gasteiger partial charge in [-0.15, -0.1) is 5.10 Å². The van der Waals surface area contributed by atoms with Crippen LogP contribution in [0.1, 0.15) is 12.0 Å². The van der Waals surface area contributed by atoms with Gasteiger partial charge < -0.3 is 15.0 Å². The second-order valence-electron chi connectivity index (χ2n) is 7.71. The van der Waals surface area contributed by atoms with Crippen molar-refractivity contribution >= 4 is 17.2 Å². The number of hydrogen-bond acceptors (Lipinski definition) is 7. The fourth-order valence-electron chi connectivity index (χ4n) is 3.92. The predicted octanol–water partition coefficient (Wildman–Crippen LogP) is 4.02. The van der Waals surface area contributed by atoms with Crippen molar-refractivity contribution in [3.8, 4) is 17.0 Å². The molecule has 0 bridgehead atoms. The van der Waals surface area contributed by atoms with E-state index in [9.17, 15) is 4.39 Å². The minimum absolute atomic E-state index is 0.193. The molecule has 31 heavy (non-hydrogen) atoms. The molecule has 1 saturated heterocycles. The summed E-state index contributed by atoms with van der Waals surface area (Å²) in [6.07, 6.45) is 0.840. The zero-order valence-corrected chi connectivity index (χ0v) is 17.9. The largest absolute Gasteiger partial charge is 0.479 e. The van der Waals surface area contributed by atoms with E-state index in [1.165, 1.54) is 17.8 Å². The zero-order chi connectivity index (χ0) is 22.1. The number of alkyl halides is 1. The molecule has 0 aliphatic carbocycles. The van der Waals surface area contributed by atoms with E-state index in [0.29, 0.717) is 35.3 Å². The molecule has 0 saturated carbocycles. The number of nitrogens with one attached hydrogen (secondary N) is 1. The van der Waals surface area contributed by atoms with E-state index in [4.69, 9.17) is 4.74 Å². The fourth-order valence-corrected chi connectivity index (χ4v) is 3.92. The fraction of sp³-hybridized carbons (Fsp3) is 0.429. The summed E-state index contributed by atoms with van der Waals surface area (Å²) < 4.78 is 36.3. The standard InChI is InChI=1S/C21H25F2N7O/c1-12-9-13(5-6-16(12)27-24-2)18-15(23)11-30-19(18)20(31-4)26-21(28-30)25-17-7-8-29(3)10-14(17)22/h5-6,9,11,14,17H,7-8,10H2,1-4H3,(H,25,28). The molecule has 164 valence electrons. The van der Waals surface area contributed by atoms with Crippen molar-refractivity contribution in [3.63, 3.8) is 0 Å². The zero-order valence-electron chi connectivity index (χ0n) is 17.9. The summed E-state index contributed by atoms with van der Waals surface area (Å²) in [4.78, 5) is 6.33. The van der Waals surface area contributed by atoms with Crippen molar-refractivity contribution in [3.05, 3.63) is 35.8 Å². The van der Waals surface area contributed by atoms with E-state index in [1.54, 1.807) is 19.2 Å². The highest BCUT2D eigenvalue weighted by Gasteiger charge is 2.29. The number of benzene rings is 1. The van der Waals surface area contributed by atoms with Gasteiger partial charge in [0.1, 0.15) is 11.7 Å². The van der Waals surface area contributed by atoms with Crippen LogP contribution in [0, 0.1) is 12.7 Å². The monoisotopic (exact) mass is 429 g/mol. The molecule has 3 heterocycles. The van der Waals surface area contributed by atoms with E-state index in [-0.39, 0.29) is 11.8 Å². The van der Waals surface area contributed by atoms with Gasteiger partial charge in [-0.1, -0.05) is 6.07 Å². The summed E-state index contributed by atoms with van der Waals surface area (Å²) in [6, 6.07) is 4.97. The summed E-state index contributed by atoms with van der Waals surface area (Å²) in [5.74, 6) is -0.0654. The van der Waals surface area contributed by atoms with E-state index in [0.717, 1.165) is 12.1 Å². The molecule has 1 aliphatic heterocycles. The molecule has 0 amide bonds. The van der Waals surface area contributed by atoms with Crippen molar-refractivity contribution in [2.45, 2.75) is 25.6 Å². The summed E-state index contributed by atoms with van der Waals surface area (Å²) in [5.41, 5.74) is 2.94. The highest BCUT2D eigenvalue weighted by atomic mass is 19.1. The first-order valence-electron chi connectivity index (χ1n) is 10.0. The molecule has 2 atom stereocenters. The Kier molecular flexibility index (Phi) is 5.81. The molecule has 1 aliphatic rings. The van der Waals surface area contributed by atoms with E-state index < -0.39 is 18.0 Å². The number of azo groups is 1. The van der Waals surface area contributed by atoms with Crippen molar-refractivity contribution < 1.29 is 13.5 Å². The first-order valence-corrected chi connectivity index (χ1v) is 10.0. The Bertz CT molecular complexity index is 1130. The van der Waals surface area contributed by atoms with Crippen molar-refractivity contribution in [2.75, 3.05) is 39.6 Å². The number of piperidine rings is 1. The van der Waals surface area contributed by atoms with Gasteiger partial charge in [0, 0.05) is 20.1 Å². The highest BCUT2D eigenvalue weighted by molar-refractivity contribution is 5.86. The van der Waals surface area contributed by atoms with Crippen LogP contribution in [0.3, 0.4) is 0 Å². The molecule has 10 heteroatoms. The van der Waals surface area contributed by atoms with Crippen LogP contribution >= 0.6 is 0 Å². The third-order valence-corrected chi connectivity index (χ3v) is 5.50. The quantitative estimate of drug-likeness (QED) is 0.620. The number of methoxy groups -OCH3 is 1. The van der Waals surface area contributed by atoms with Gasteiger partial charge in [0.15, 0.2) is 5.82 Å². The second kappa shape index (κ2) is 8.54. The Morgan fingerprint density at radius 2 is 2.13 bits per heavy atom. The highest BCUT2D eigenvalue weighted by Crippen LogP contribution is 2.36. The molecule has 2 unspecified atom stereocenters. The smallest absolute Gasteiger partial charge is 0.244 e. The van der Waals surface area contributed by atoms with Gasteiger partial charge in [-0.25, -0.2) is 13.3 Å². The first kappa shape index (κ1) is 21.1. The van der Waals surface area contributed by atoms with Gasteiger partial charge in [0.2, 0.25) is 11.8 Å². The van der Waals surface area contributed by atoms with Gasteiger partial charge in [0.25, 0.3) is 0 Å². The maximum absolute atomic E-state index is 15.0. The maximum Gasteiger partial charge on any atom is 0.244 e. The number of nitrogens with zero attached hydrogens (tertiary/aromatic N) is 6. The number of anilines is 1.